The Labute approximate surface area is 118 Å². The molecular formula is C13H20ClN3O2. The molecule has 6 heteroatoms. The van der Waals surface area contributed by atoms with Crippen LogP contribution in [-0.2, 0) is 16.6 Å². The Morgan fingerprint density at radius 3 is 2.89 bits per heavy atom. The zero-order chi connectivity index (χ0) is 14.3. The van der Waals surface area contributed by atoms with Gasteiger partial charge in [0.05, 0.1) is 5.69 Å². The Balaban J connectivity index is 2.41. The number of rotatable bonds is 7. The average molecular weight is 286 g/mol. The van der Waals surface area contributed by atoms with E-state index in [0.717, 1.165) is 17.7 Å². The normalized spacial score (nSPS) is 11.2. The second-order valence-electron chi connectivity index (χ2n) is 4.09. The molecule has 19 heavy (non-hydrogen) atoms. The molecule has 0 saturated carbocycles. The van der Waals surface area contributed by atoms with Gasteiger partial charge in [0.2, 0.25) is 5.91 Å². The fourth-order valence-corrected chi connectivity index (χ4v) is 1.82. The van der Waals surface area contributed by atoms with Crippen molar-refractivity contribution in [3.63, 3.8) is 0 Å². The van der Waals surface area contributed by atoms with E-state index in [4.69, 9.17) is 16.3 Å². The highest BCUT2D eigenvalue weighted by Gasteiger charge is 2.08. The predicted octanol–water partition coefficient (Wildman–Crippen LogP) is 1.94. The van der Waals surface area contributed by atoms with Crippen molar-refractivity contribution in [2.75, 3.05) is 19.8 Å². The fraction of sp³-hybridized carbons (Fsp3) is 0.538. The molecular weight excluding hydrogens is 266 g/mol. The van der Waals surface area contributed by atoms with Crippen molar-refractivity contribution < 1.29 is 9.53 Å². The first-order valence-corrected chi connectivity index (χ1v) is 6.66. The lowest BCUT2D eigenvalue weighted by molar-refractivity contribution is -0.116. The topological polar surface area (TPSA) is 56.1 Å². The van der Waals surface area contributed by atoms with Crippen LogP contribution >= 0.6 is 11.6 Å². The lowest BCUT2D eigenvalue weighted by Gasteiger charge is -2.02. The second-order valence-corrected chi connectivity index (χ2v) is 4.45. The maximum atomic E-state index is 11.6. The van der Waals surface area contributed by atoms with E-state index in [2.05, 4.69) is 10.4 Å². The van der Waals surface area contributed by atoms with E-state index in [-0.39, 0.29) is 5.91 Å². The quantitative estimate of drug-likeness (QED) is 0.615. The van der Waals surface area contributed by atoms with Crippen LogP contribution in [0.25, 0.3) is 6.08 Å². The van der Waals surface area contributed by atoms with Crippen molar-refractivity contribution >= 4 is 23.6 Å². The van der Waals surface area contributed by atoms with Crippen LogP contribution < -0.4 is 5.32 Å². The number of nitrogens with zero attached hydrogens (tertiary/aromatic N) is 2. The van der Waals surface area contributed by atoms with Crippen molar-refractivity contribution in [3.8, 4) is 0 Å². The van der Waals surface area contributed by atoms with Gasteiger partial charge in [-0.1, -0.05) is 11.6 Å². The standard InChI is InChI=1S/C13H20ClN3O2/c1-4-19-9-5-8-15-12(18)7-6-11-10(2)16-17(3)13(11)14/h6-7H,4-5,8-9H2,1-3H3,(H,15,18)/b7-6+. The fourth-order valence-electron chi connectivity index (χ4n) is 1.58. The number of aromatic nitrogens is 2. The molecule has 0 unspecified atom stereocenters. The smallest absolute Gasteiger partial charge is 0.244 e. The van der Waals surface area contributed by atoms with E-state index in [0.29, 0.717) is 24.9 Å². The number of carbonyl (C=O) groups excluding carboxylic acids is 1. The number of carbonyl (C=O) groups is 1. The highest BCUT2D eigenvalue weighted by atomic mass is 35.5. The summed E-state index contributed by atoms with van der Waals surface area (Å²) in [7, 11) is 1.76. The molecule has 1 aromatic rings. The number of nitrogens with one attached hydrogen (secondary N) is 1. The highest BCUT2D eigenvalue weighted by Crippen LogP contribution is 2.19. The lowest BCUT2D eigenvalue weighted by atomic mass is 10.2. The summed E-state index contributed by atoms with van der Waals surface area (Å²) in [6.45, 7) is 5.76. The molecule has 0 atom stereocenters. The zero-order valence-corrected chi connectivity index (χ0v) is 12.3. The minimum Gasteiger partial charge on any atom is -0.382 e. The minimum atomic E-state index is -0.143. The van der Waals surface area contributed by atoms with Gasteiger partial charge in [-0.05, 0) is 26.3 Å². The van der Waals surface area contributed by atoms with Gasteiger partial charge in [0, 0.05) is 38.4 Å². The maximum absolute atomic E-state index is 11.6. The average Bonchev–Trinajstić information content (AvgIpc) is 2.61. The molecule has 0 spiro atoms. The first kappa shape index (κ1) is 15.7. The first-order valence-electron chi connectivity index (χ1n) is 6.29. The molecule has 0 radical (unpaired) electrons. The molecule has 5 nitrogen and oxygen atoms in total. The molecule has 1 amide bonds. The highest BCUT2D eigenvalue weighted by molar-refractivity contribution is 6.31. The van der Waals surface area contributed by atoms with Gasteiger partial charge in [-0.25, -0.2) is 0 Å². The summed E-state index contributed by atoms with van der Waals surface area (Å²) in [4.78, 5) is 11.6. The number of hydrogen-bond acceptors (Lipinski definition) is 3. The molecule has 1 heterocycles. The molecule has 0 aliphatic rings. The molecule has 0 saturated heterocycles. The summed E-state index contributed by atoms with van der Waals surface area (Å²) < 4.78 is 6.76. The predicted molar refractivity (Wildman–Crippen MR) is 76.1 cm³/mol. The third kappa shape index (κ3) is 5.04. The summed E-state index contributed by atoms with van der Waals surface area (Å²) in [5.41, 5.74) is 1.57. The number of aryl methyl sites for hydroxylation is 2. The monoisotopic (exact) mass is 285 g/mol. The molecule has 1 N–H and O–H groups in total. The van der Waals surface area contributed by atoms with Crippen LogP contribution in [0.3, 0.4) is 0 Å². The summed E-state index contributed by atoms with van der Waals surface area (Å²) in [6.07, 6.45) is 3.96. The molecule has 0 aliphatic carbocycles. The maximum Gasteiger partial charge on any atom is 0.244 e. The van der Waals surface area contributed by atoms with E-state index in [1.807, 2.05) is 13.8 Å². The Morgan fingerprint density at radius 2 is 2.32 bits per heavy atom. The van der Waals surface area contributed by atoms with E-state index in [9.17, 15) is 4.79 Å². The molecule has 1 rings (SSSR count). The molecule has 0 aliphatic heterocycles. The van der Waals surface area contributed by atoms with Gasteiger partial charge >= 0.3 is 0 Å². The van der Waals surface area contributed by atoms with Crippen LogP contribution in [0.2, 0.25) is 5.15 Å². The van der Waals surface area contributed by atoms with Gasteiger partial charge in [-0.2, -0.15) is 5.10 Å². The van der Waals surface area contributed by atoms with Crippen LogP contribution in [-0.4, -0.2) is 35.4 Å². The van der Waals surface area contributed by atoms with Gasteiger partial charge in [-0.3, -0.25) is 9.48 Å². The van der Waals surface area contributed by atoms with Gasteiger partial charge in [-0.15, -0.1) is 0 Å². The lowest BCUT2D eigenvalue weighted by Crippen LogP contribution is -2.23. The molecule has 1 aromatic heterocycles. The molecule has 0 bridgehead atoms. The minimum absolute atomic E-state index is 0.143. The Kier molecular flexibility index (Phi) is 6.59. The van der Waals surface area contributed by atoms with E-state index >= 15 is 0 Å². The summed E-state index contributed by atoms with van der Waals surface area (Å²) in [5, 5.41) is 7.48. The Hall–Kier alpha value is -1.33. The molecule has 0 aromatic carbocycles. The number of ether oxygens (including phenoxy) is 1. The van der Waals surface area contributed by atoms with E-state index in [1.165, 1.54) is 6.08 Å². The largest absolute Gasteiger partial charge is 0.382 e. The van der Waals surface area contributed by atoms with Gasteiger partial charge in [0.15, 0.2) is 0 Å². The van der Waals surface area contributed by atoms with Crippen LogP contribution in [0.15, 0.2) is 6.08 Å². The molecule has 106 valence electrons. The van der Waals surface area contributed by atoms with Crippen molar-refractivity contribution in [1.82, 2.24) is 15.1 Å². The van der Waals surface area contributed by atoms with Crippen molar-refractivity contribution in [3.05, 3.63) is 22.5 Å². The van der Waals surface area contributed by atoms with Crippen LogP contribution in [0.1, 0.15) is 24.6 Å². The van der Waals surface area contributed by atoms with E-state index in [1.54, 1.807) is 17.8 Å². The van der Waals surface area contributed by atoms with Crippen molar-refractivity contribution in [2.24, 2.45) is 7.05 Å². The number of halogens is 1. The first-order chi connectivity index (χ1) is 9.06. The van der Waals surface area contributed by atoms with Gasteiger partial charge < -0.3 is 10.1 Å². The van der Waals surface area contributed by atoms with Gasteiger partial charge in [0.1, 0.15) is 5.15 Å². The van der Waals surface area contributed by atoms with Crippen LogP contribution in [0.4, 0.5) is 0 Å². The van der Waals surface area contributed by atoms with Crippen molar-refractivity contribution in [1.29, 1.82) is 0 Å². The SMILES string of the molecule is CCOCCCNC(=O)/C=C/c1c(C)nn(C)c1Cl. The Bertz CT molecular complexity index is 455. The number of hydrogen-bond donors (Lipinski definition) is 1. The molecule has 0 fully saturated rings. The Morgan fingerprint density at radius 1 is 1.58 bits per heavy atom. The van der Waals surface area contributed by atoms with Gasteiger partial charge in [0.25, 0.3) is 0 Å². The third-order valence-corrected chi connectivity index (χ3v) is 3.01. The zero-order valence-electron chi connectivity index (χ0n) is 11.6. The second kappa shape index (κ2) is 7.96. The summed E-state index contributed by atoms with van der Waals surface area (Å²) in [6, 6.07) is 0. The summed E-state index contributed by atoms with van der Waals surface area (Å²) >= 11 is 6.06. The number of amides is 1. The third-order valence-electron chi connectivity index (χ3n) is 2.57. The van der Waals surface area contributed by atoms with Crippen molar-refractivity contribution in [2.45, 2.75) is 20.3 Å². The summed E-state index contributed by atoms with van der Waals surface area (Å²) in [5.74, 6) is -0.143. The van der Waals surface area contributed by atoms with Crippen LogP contribution in [0, 0.1) is 6.92 Å². The van der Waals surface area contributed by atoms with E-state index < -0.39 is 0 Å². The van der Waals surface area contributed by atoms with Crippen LogP contribution in [0.5, 0.6) is 0 Å².